The second-order valence-electron chi connectivity index (χ2n) is 7.61. The summed E-state index contributed by atoms with van der Waals surface area (Å²) in [4.78, 5) is 26.0. The quantitative estimate of drug-likeness (QED) is 0.803. The molecule has 4 unspecified atom stereocenters. The fourth-order valence-corrected chi connectivity index (χ4v) is 3.55. The first-order chi connectivity index (χ1) is 10.7. The number of nitrogens with one attached hydrogen (secondary N) is 1. The molecule has 2 aliphatic rings. The largest absolute Gasteiger partial charge is 0.465 e. The molecule has 1 N–H and O–H groups in total. The van der Waals surface area contributed by atoms with E-state index in [1.165, 1.54) is 0 Å². The minimum Gasteiger partial charge on any atom is -0.465 e. The van der Waals surface area contributed by atoms with Crippen LogP contribution in [0, 0.1) is 5.92 Å². The van der Waals surface area contributed by atoms with Crippen LogP contribution in [0.5, 0.6) is 0 Å². The van der Waals surface area contributed by atoms with Crippen molar-refractivity contribution in [3.05, 3.63) is 0 Å². The maximum absolute atomic E-state index is 12.3. The van der Waals surface area contributed by atoms with E-state index in [0.717, 1.165) is 19.3 Å². The summed E-state index contributed by atoms with van der Waals surface area (Å²) in [5, 5.41) is 3.39. The fraction of sp³-hybridized carbons (Fsp3) is 0.882. The number of hydrogen-bond donors (Lipinski definition) is 1. The number of ether oxygens (including phenoxy) is 2. The molecule has 1 aliphatic carbocycles. The molecule has 6 heteroatoms. The Bertz CT molecular complexity index is 446. The zero-order chi connectivity index (χ0) is 17.2. The normalized spacial score (nSPS) is 28.4. The van der Waals surface area contributed by atoms with E-state index in [2.05, 4.69) is 5.32 Å². The lowest BCUT2D eigenvalue weighted by Crippen LogP contribution is -2.47. The molecule has 1 aliphatic heterocycles. The first kappa shape index (κ1) is 18.0. The number of fused-ring (bicyclic) bond motifs is 2. The summed E-state index contributed by atoms with van der Waals surface area (Å²) in [7, 11) is 0. The van der Waals surface area contributed by atoms with Crippen LogP contribution in [0.3, 0.4) is 0 Å². The molecular weight excluding hydrogens is 296 g/mol. The molecule has 6 nitrogen and oxygen atoms in total. The molecule has 4 atom stereocenters. The van der Waals surface area contributed by atoms with E-state index in [1.807, 2.05) is 39.5 Å². The molecule has 2 bridgehead atoms. The summed E-state index contributed by atoms with van der Waals surface area (Å²) >= 11 is 0. The van der Waals surface area contributed by atoms with Gasteiger partial charge in [-0.25, -0.2) is 4.79 Å². The summed E-state index contributed by atoms with van der Waals surface area (Å²) in [6.07, 6.45) is 2.68. The van der Waals surface area contributed by atoms with E-state index < -0.39 is 5.60 Å². The molecule has 0 radical (unpaired) electrons. The second kappa shape index (κ2) is 7.07. The van der Waals surface area contributed by atoms with Gasteiger partial charge < -0.3 is 19.7 Å². The van der Waals surface area contributed by atoms with Crippen LogP contribution < -0.4 is 5.32 Å². The molecular formula is C17H30N2O4. The Morgan fingerprint density at radius 3 is 2.61 bits per heavy atom. The highest BCUT2D eigenvalue weighted by atomic mass is 16.6. The van der Waals surface area contributed by atoms with E-state index in [9.17, 15) is 9.59 Å². The van der Waals surface area contributed by atoms with Crippen molar-refractivity contribution in [3.8, 4) is 0 Å². The van der Waals surface area contributed by atoms with Crippen LogP contribution in [0.25, 0.3) is 0 Å². The highest BCUT2D eigenvalue weighted by Gasteiger charge is 2.44. The Morgan fingerprint density at radius 1 is 1.30 bits per heavy atom. The highest BCUT2D eigenvalue weighted by Crippen LogP contribution is 2.36. The molecule has 0 aromatic carbocycles. The van der Waals surface area contributed by atoms with Crippen molar-refractivity contribution in [1.29, 1.82) is 0 Å². The van der Waals surface area contributed by atoms with Crippen LogP contribution in [-0.2, 0) is 14.3 Å². The van der Waals surface area contributed by atoms with Gasteiger partial charge >= 0.3 is 12.1 Å². The number of hydrogen-bond acceptors (Lipinski definition) is 5. The average molecular weight is 326 g/mol. The Balaban J connectivity index is 1.91. The van der Waals surface area contributed by atoms with Gasteiger partial charge in [-0.15, -0.1) is 0 Å². The Labute approximate surface area is 138 Å². The third kappa shape index (κ3) is 4.59. The molecule has 1 saturated heterocycles. The van der Waals surface area contributed by atoms with Crippen molar-refractivity contribution in [2.45, 2.75) is 77.6 Å². The Morgan fingerprint density at radius 2 is 2.00 bits per heavy atom. The fourth-order valence-electron chi connectivity index (χ4n) is 3.55. The highest BCUT2D eigenvalue weighted by molar-refractivity contribution is 5.75. The molecule has 0 spiro atoms. The van der Waals surface area contributed by atoms with Crippen LogP contribution in [0.15, 0.2) is 0 Å². The lowest BCUT2D eigenvalue weighted by Gasteiger charge is -2.31. The van der Waals surface area contributed by atoms with Gasteiger partial charge in [0.25, 0.3) is 0 Å². The van der Waals surface area contributed by atoms with Gasteiger partial charge in [0, 0.05) is 18.6 Å². The molecule has 0 aromatic rings. The van der Waals surface area contributed by atoms with Crippen LogP contribution in [0.2, 0.25) is 0 Å². The van der Waals surface area contributed by atoms with Gasteiger partial charge in [-0.05, 0) is 59.8 Å². The van der Waals surface area contributed by atoms with E-state index >= 15 is 0 Å². The van der Waals surface area contributed by atoms with Gasteiger partial charge in [0.05, 0.1) is 6.61 Å². The summed E-state index contributed by atoms with van der Waals surface area (Å²) < 4.78 is 10.6. The smallest absolute Gasteiger partial charge is 0.410 e. The number of esters is 1. The van der Waals surface area contributed by atoms with E-state index in [1.54, 1.807) is 0 Å². The van der Waals surface area contributed by atoms with Crippen molar-refractivity contribution >= 4 is 12.1 Å². The van der Waals surface area contributed by atoms with Crippen LogP contribution >= 0.6 is 0 Å². The number of likely N-dealkylation sites (tertiary alicyclic amines) is 1. The predicted octanol–water partition coefficient (Wildman–Crippen LogP) is 2.32. The topological polar surface area (TPSA) is 67.9 Å². The molecule has 2 fully saturated rings. The first-order valence-corrected chi connectivity index (χ1v) is 8.63. The summed E-state index contributed by atoms with van der Waals surface area (Å²) in [6, 6.07) is 0.205. The second-order valence-corrected chi connectivity index (χ2v) is 7.61. The van der Waals surface area contributed by atoms with E-state index in [4.69, 9.17) is 9.47 Å². The van der Waals surface area contributed by atoms with Crippen molar-refractivity contribution in [2.24, 2.45) is 5.92 Å². The maximum Gasteiger partial charge on any atom is 0.410 e. The third-order valence-corrected chi connectivity index (χ3v) is 4.56. The zero-order valence-corrected chi connectivity index (χ0v) is 14.9. The van der Waals surface area contributed by atoms with Gasteiger partial charge in [-0.2, -0.15) is 0 Å². The lowest BCUT2D eigenvalue weighted by molar-refractivity contribution is -0.145. The molecule has 23 heavy (non-hydrogen) atoms. The molecule has 0 aromatic heterocycles. The minimum absolute atomic E-state index is 0.211. The summed E-state index contributed by atoms with van der Waals surface area (Å²) in [5.74, 6) is 0.162. The van der Waals surface area contributed by atoms with Crippen LogP contribution in [-0.4, -0.2) is 53.8 Å². The predicted molar refractivity (Wildman–Crippen MR) is 87.1 cm³/mol. The van der Waals surface area contributed by atoms with Crippen molar-refractivity contribution in [2.75, 3.05) is 13.2 Å². The zero-order valence-electron chi connectivity index (χ0n) is 14.9. The van der Waals surface area contributed by atoms with E-state index in [-0.39, 0.29) is 30.2 Å². The van der Waals surface area contributed by atoms with Gasteiger partial charge in [0.2, 0.25) is 0 Å². The van der Waals surface area contributed by atoms with Crippen LogP contribution in [0.4, 0.5) is 4.79 Å². The lowest BCUT2D eigenvalue weighted by atomic mass is 9.85. The minimum atomic E-state index is -0.468. The number of amides is 1. The standard InChI is InChI=1S/C17H30N2O4/c1-6-22-15(20)11(2)18-14-8-7-13-9-12(14)10-19(13)16(21)23-17(3,4)5/h11-14,18H,6-10H2,1-5H3. The monoisotopic (exact) mass is 326 g/mol. The third-order valence-electron chi connectivity index (χ3n) is 4.56. The van der Waals surface area contributed by atoms with Gasteiger partial charge in [0.1, 0.15) is 11.6 Å². The number of carbonyl (C=O) groups excluding carboxylic acids is 2. The molecule has 1 saturated carbocycles. The van der Waals surface area contributed by atoms with Crippen LogP contribution in [0.1, 0.15) is 53.9 Å². The van der Waals surface area contributed by atoms with Crippen molar-refractivity contribution in [3.63, 3.8) is 0 Å². The maximum atomic E-state index is 12.3. The summed E-state index contributed by atoms with van der Waals surface area (Å²) in [5.41, 5.74) is -0.468. The van der Waals surface area contributed by atoms with Gasteiger partial charge in [-0.1, -0.05) is 0 Å². The molecule has 1 amide bonds. The number of nitrogens with zero attached hydrogens (tertiary/aromatic N) is 1. The Hall–Kier alpha value is -1.30. The molecule has 2 rings (SSSR count). The van der Waals surface area contributed by atoms with Crippen molar-refractivity contribution < 1.29 is 19.1 Å². The van der Waals surface area contributed by atoms with Gasteiger partial charge in [-0.3, -0.25) is 4.79 Å². The number of rotatable bonds is 4. The summed E-state index contributed by atoms with van der Waals surface area (Å²) in [6.45, 7) is 10.4. The number of carbonyl (C=O) groups is 2. The van der Waals surface area contributed by atoms with Crippen molar-refractivity contribution in [1.82, 2.24) is 10.2 Å². The van der Waals surface area contributed by atoms with Gasteiger partial charge in [0.15, 0.2) is 0 Å². The molecule has 1 heterocycles. The first-order valence-electron chi connectivity index (χ1n) is 8.63. The SMILES string of the molecule is CCOC(=O)C(C)NC1CCC2CC1CN2C(=O)OC(C)(C)C. The molecule has 132 valence electrons. The Kier molecular flexibility index (Phi) is 5.55. The average Bonchev–Trinajstić information content (AvgIpc) is 2.78. The van der Waals surface area contributed by atoms with E-state index in [0.29, 0.717) is 19.1 Å².